The molecular weight excluding hydrogens is 505 g/mol. The maximum absolute atomic E-state index is 7.21. The molecule has 0 aliphatic carbocycles. The predicted molar refractivity (Wildman–Crippen MR) is 166 cm³/mol. The monoisotopic (exact) mass is 558 g/mol. The van der Waals surface area contributed by atoms with Crippen LogP contribution in [0.2, 0.25) is 11.6 Å². The fraction of sp³-hybridized carbons (Fsp3) is 0.625. The molecule has 0 heterocycles. The van der Waals surface area contributed by atoms with Crippen molar-refractivity contribution in [3.63, 3.8) is 0 Å². The van der Waals surface area contributed by atoms with Gasteiger partial charge in [-0.3, -0.25) is 0 Å². The Morgan fingerprint density at radius 1 is 0.526 bits per heavy atom. The summed E-state index contributed by atoms with van der Waals surface area (Å²) >= 11 is 0. The van der Waals surface area contributed by atoms with E-state index < -0.39 is 39.5 Å². The molecule has 0 bridgehead atoms. The van der Waals surface area contributed by atoms with Crippen LogP contribution in [0.4, 0.5) is 0 Å². The lowest BCUT2D eigenvalue weighted by atomic mass is 10.2. The van der Waals surface area contributed by atoms with Gasteiger partial charge >= 0.3 is 17.1 Å². The molecule has 1 unspecified atom stereocenters. The fourth-order valence-electron chi connectivity index (χ4n) is 5.01. The summed E-state index contributed by atoms with van der Waals surface area (Å²) in [5.74, 6) is 0. The van der Waals surface area contributed by atoms with Gasteiger partial charge in [0.2, 0.25) is 0 Å². The van der Waals surface area contributed by atoms with Crippen LogP contribution < -0.4 is 10.4 Å². The van der Waals surface area contributed by atoms with Crippen LogP contribution in [0.1, 0.15) is 96.4 Å². The van der Waals surface area contributed by atoms with Crippen molar-refractivity contribution in [2.75, 3.05) is 0 Å². The average molecular weight is 559 g/mol. The van der Waals surface area contributed by atoms with E-state index in [1.807, 2.05) is 0 Å². The zero-order chi connectivity index (χ0) is 29.0. The molecule has 0 aromatic heterocycles. The standard InChI is InChI=1S/C32H54O4Si2/c1-14-26(38(35-31(8,9)10,36-32(11,12)13)28-23-19-16-20-24-28)25-37(33-29(2,3)4,34-30(5,6)7)27-21-17-15-18-22-27/h15-24,26H,14,25H2,1-13H3. The lowest BCUT2D eigenvalue weighted by molar-refractivity contribution is 0.00867. The minimum Gasteiger partial charge on any atom is -0.386 e. The maximum atomic E-state index is 7.21. The SMILES string of the molecule is CCC(C[Si](OC(C)(C)C)(OC(C)(C)C)c1ccccc1)[Si](OC(C)(C)C)(OC(C)(C)C)c1ccccc1. The molecule has 2 rings (SSSR count). The lowest BCUT2D eigenvalue weighted by Crippen LogP contribution is -2.67. The molecular formula is C32H54O4Si2. The molecule has 0 N–H and O–H groups in total. The van der Waals surface area contributed by atoms with Gasteiger partial charge in [-0.1, -0.05) is 74.0 Å². The van der Waals surface area contributed by atoms with E-state index in [1.54, 1.807) is 0 Å². The first-order valence-corrected chi connectivity index (χ1v) is 18.0. The number of benzene rings is 2. The highest BCUT2D eigenvalue weighted by atomic mass is 28.4. The molecule has 0 spiro atoms. The van der Waals surface area contributed by atoms with Crippen LogP contribution in [-0.2, 0) is 17.7 Å². The second kappa shape index (κ2) is 12.1. The zero-order valence-electron chi connectivity index (χ0n) is 26.4. The lowest BCUT2D eigenvalue weighted by Gasteiger charge is -2.49. The van der Waals surface area contributed by atoms with Gasteiger partial charge in [-0.2, -0.15) is 0 Å². The third kappa shape index (κ3) is 9.72. The van der Waals surface area contributed by atoms with E-state index in [1.165, 1.54) is 0 Å². The summed E-state index contributed by atoms with van der Waals surface area (Å²) in [5.41, 5.74) is -1.49. The topological polar surface area (TPSA) is 36.9 Å². The van der Waals surface area contributed by atoms with Gasteiger partial charge in [0.1, 0.15) is 0 Å². The summed E-state index contributed by atoms with van der Waals surface area (Å²) in [4.78, 5) is 0. The fourth-order valence-corrected chi connectivity index (χ4v) is 15.3. The quantitative estimate of drug-likeness (QED) is 0.280. The van der Waals surface area contributed by atoms with E-state index in [-0.39, 0.29) is 5.54 Å². The van der Waals surface area contributed by atoms with Crippen LogP contribution in [-0.4, -0.2) is 39.5 Å². The molecule has 0 aliphatic rings. The number of hydrogen-bond donors (Lipinski definition) is 0. The van der Waals surface area contributed by atoms with Crippen LogP contribution in [0.3, 0.4) is 0 Å². The maximum Gasteiger partial charge on any atom is 0.376 e. The Labute approximate surface area is 235 Å². The van der Waals surface area contributed by atoms with Crippen LogP contribution in [0.5, 0.6) is 0 Å². The number of hydrogen-bond acceptors (Lipinski definition) is 4. The summed E-state index contributed by atoms with van der Waals surface area (Å²) in [7, 11) is -6.14. The van der Waals surface area contributed by atoms with Crippen molar-refractivity contribution in [3.05, 3.63) is 60.7 Å². The summed E-state index contributed by atoms with van der Waals surface area (Å²) in [6, 6.07) is 22.0. The van der Waals surface area contributed by atoms with Crippen molar-refractivity contribution in [2.24, 2.45) is 0 Å². The van der Waals surface area contributed by atoms with E-state index in [0.717, 1.165) is 22.8 Å². The van der Waals surface area contributed by atoms with Crippen LogP contribution in [0.25, 0.3) is 0 Å². The van der Waals surface area contributed by atoms with E-state index in [2.05, 4.69) is 151 Å². The summed E-state index contributed by atoms with van der Waals surface area (Å²) in [6.07, 6.45) is 0.885. The normalized spacial score (nSPS) is 15.0. The second-order valence-corrected chi connectivity index (χ2v) is 20.4. The molecule has 0 saturated carbocycles. The highest BCUT2D eigenvalue weighted by molar-refractivity contribution is 6.87. The highest BCUT2D eigenvalue weighted by Crippen LogP contribution is 2.42. The molecule has 0 fully saturated rings. The third-order valence-electron chi connectivity index (χ3n) is 5.79. The van der Waals surface area contributed by atoms with Crippen molar-refractivity contribution < 1.29 is 17.7 Å². The molecule has 0 saturated heterocycles. The van der Waals surface area contributed by atoms with Gasteiger partial charge in [0.15, 0.2) is 0 Å². The van der Waals surface area contributed by atoms with Crippen molar-refractivity contribution in [2.45, 2.75) is 130 Å². The molecule has 0 amide bonds. The van der Waals surface area contributed by atoms with Crippen LogP contribution in [0.15, 0.2) is 60.7 Å². The first-order chi connectivity index (χ1) is 17.2. The predicted octanol–water partition coefficient (Wildman–Crippen LogP) is 7.73. The first kappa shape index (κ1) is 32.9. The van der Waals surface area contributed by atoms with E-state index in [0.29, 0.717) is 0 Å². The zero-order valence-corrected chi connectivity index (χ0v) is 28.4. The minimum absolute atomic E-state index is 0.0833. The third-order valence-corrected chi connectivity index (χ3v) is 15.0. The van der Waals surface area contributed by atoms with Crippen molar-refractivity contribution in [1.82, 2.24) is 0 Å². The van der Waals surface area contributed by atoms with Gasteiger partial charge in [-0.15, -0.1) is 0 Å². The molecule has 38 heavy (non-hydrogen) atoms. The second-order valence-electron chi connectivity index (χ2n) is 14.3. The van der Waals surface area contributed by atoms with Gasteiger partial charge in [-0.25, -0.2) is 0 Å². The largest absolute Gasteiger partial charge is 0.386 e. The summed E-state index contributed by atoms with van der Waals surface area (Å²) in [5, 5.41) is 2.30. The molecule has 0 aliphatic heterocycles. The van der Waals surface area contributed by atoms with Gasteiger partial charge in [-0.05, 0) is 93.5 Å². The van der Waals surface area contributed by atoms with E-state index >= 15 is 0 Å². The van der Waals surface area contributed by atoms with Crippen molar-refractivity contribution in [3.8, 4) is 0 Å². The summed E-state index contributed by atoms with van der Waals surface area (Å²) < 4.78 is 28.7. The Kier molecular flexibility index (Phi) is 10.5. The van der Waals surface area contributed by atoms with Gasteiger partial charge in [0.05, 0.1) is 22.4 Å². The Bertz CT molecular complexity index is 949. The molecule has 4 nitrogen and oxygen atoms in total. The van der Waals surface area contributed by atoms with Crippen molar-refractivity contribution in [1.29, 1.82) is 0 Å². The summed E-state index contributed by atoms with van der Waals surface area (Å²) in [6.45, 7) is 27.8. The van der Waals surface area contributed by atoms with Gasteiger partial charge < -0.3 is 17.7 Å². The molecule has 6 heteroatoms. The molecule has 0 radical (unpaired) electrons. The van der Waals surface area contributed by atoms with Gasteiger partial charge in [0.25, 0.3) is 0 Å². The van der Waals surface area contributed by atoms with Crippen LogP contribution >= 0.6 is 0 Å². The minimum atomic E-state index is -3.09. The highest BCUT2D eigenvalue weighted by Gasteiger charge is 2.57. The van der Waals surface area contributed by atoms with Gasteiger partial charge in [0, 0.05) is 11.6 Å². The van der Waals surface area contributed by atoms with E-state index in [4.69, 9.17) is 17.7 Å². The Hall–Kier alpha value is -1.29. The first-order valence-electron chi connectivity index (χ1n) is 14.1. The molecule has 1 atom stereocenters. The van der Waals surface area contributed by atoms with Crippen LogP contribution in [0, 0.1) is 0 Å². The average Bonchev–Trinajstić information content (AvgIpc) is 2.74. The molecule has 2 aromatic carbocycles. The number of rotatable bonds is 10. The smallest absolute Gasteiger partial charge is 0.376 e. The van der Waals surface area contributed by atoms with Crippen molar-refractivity contribution >= 4 is 27.5 Å². The Morgan fingerprint density at radius 2 is 0.868 bits per heavy atom. The molecule has 2 aromatic rings. The van der Waals surface area contributed by atoms with E-state index in [9.17, 15) is 0 Å². The molecule has 214 valence electrons. The Morgan fingerprint density at radius 3 is 1.18 bits per heavy atom. The Balaban J connectivity index is 2.88.